The van der Waals surface area contributed by atoms with E-state index in [1.165, 1.54) is 7.11 Å². The van der Waals surface area contributed by atoms with E-state index >= 15 is 0 Å². The van der Waals surface area contributed by atoms with Crippen molar-refractivity contribution in [2.24, 2.45) is 0 Å². The summed E-state index contributed by atoms with van der Waals surface area (Å²) in [5, 5.41) is 3.16. The van der Waals surface area contributed by atoms with Crippen LogP contribution in [0.1, 0.15) is 33.6 Å². The van der Waals surface area contributed by atoms with Crippen LogP contribution >= 0.6 is 11.6 Å². The molecule has 1 aliphatic rings. The lowest BCUT2D eigenvalue weighted by Crippen LogP contribution is -2.20. The number of imidazole rings is 1. The quantitative estimate of drug-likeness (QED) is 0.636. The van der Waals surface area contributed by atoms with Gasteiger partial charge in [0.2, 0.25) is 0 Å². The summed E-state index contributed by atoms with van der Waals surface area (Å²) in [6, 6.07) is 0.00398. The number of aromatic nitrogens is 2. The van der Waals surface area contributed by atoms with Gasteiger partial charge in [-0.3, -0.25) is 4.79 Å². The number of aldehydes is 1. The van der Waals surface area contributed by atoms with E-state index in [2.05, 4.69) is 15.0 Å². The summed E-state index contributed by atoms with van der Waals surface area (Å²) >= 11 is 5.87. The fourth-order valence-electron chi connectivity index (χ4n) is 2.01. The molecule has 0 unspecified atom stereocenters. The summed E-state index contributed by atoms with van der Waals surface area (Å²) in [7, 11) is 1.27. The molecule has 0 bridgehead atoms. The molecule has 0 radical (unpaired) electrons. The van der Waals surface area contributed by atoms with Gasteiger partial charge in [0.1, 0.15) is 0 Å². The van der Waals surface area contributed by atoms with Crippen molar-refractivity contribution in [2.45, 2.75) is 12.5 Å². The van der Waals surface area contributed by atoms with Crippen molar-refractivity contribution in [1.82, 2.24) is 14.9 Å². The fraction of sp³-hybridized carbons (Fsp3) is 0.500. The standard InChI is InChI=1S/C10H12ClN3O3/c1-17-10(16)8-9(11)13-7(5-15)14(8)6-2-3-12-4-6/h5-6,12H,2-4H2,1H3/t6-/m1/s1. The maximum Gasteiger partial charge on any atom is 0.357 e. The van der Waals surface area contributed by atoms with E-state index in [1.54, 1.807) is 4.57 Å². The molecule has 92 valence electrons. The van der Waals surface area contributed by atoms with E-state index in [-0.39, 0.29) is 22.7 Å². The largest absolute Gasteiger partial charge is 0.464 e. The number of halogens is 1. The molecule has 1 fully saturated rings. The average Bonchev–Trinajstić information content (AvgIpc) is 2.94. The number of carbonyl (C=O) groups is 2. The van der Waals surface area contributed by atoms with Gasteiger partial charge in [-0.2, -0.15) is 0 Å². The Hall–Kier alpha value is -1.40. The zero-order chi connectivity index (χ0) is 12.4. The number of hydrogen-bond donors (Lipinski definition) is 1. The molecular weight excluding hydrogens is 246 g/mol. The Kier molecular flexibility index (Phi) is 3.44. The van der Waals surface area contributed by atoms with Crippen LogP contribution in [0, 0.1) is 0 Å². The summed E-state index contributed by atoms with van der Waals surface area (Å²) < 4.78 is 6.21. The Morgan fingerprint density at radius 2 is 2.47 bits per heavy atom. The van der Waals surface area contributed by atoms with Crippen molar-refractivity contribution in [3.05, 3.63) is 16.7 Å². The molecule has 0 aliphatic carbocycles. The van der Waals surface area contributed by atoms with Gasteiger partial charge in [0, 0.05) is 12.6 Å². The van der Waals surface area contributed by atoms with E-state index in [9.17, 15) is 9.59 Å². The smallest absolute Gasteiger partial charge is 0.357 e. The molecule has 0 amide bonds. The van der Waals surface area contributed by atoms with Gasteiger partial charge in [0.25, 0.3) is 0 Å². The number of nitrogens with one attached hydrogen (secondary N) is 1. The highest BCUT2D eigenvalue weighted by molar-refractivity contribution is 6.32. The number of rotatable bonds is 3. The third kappa shape index (κ3) is 2.05. The minimum Gasteiger partial charge on any atom is -0.464 e. The number of esters is 1. The number of hydrogen-bond acceptors (Lipinski definition) is 5. The highest BCUT2D eigenvalue weighted by Crippen LogP contribution is 2.25. The first-order valence-corrected chi connectivity index (χ1v) is 5.58. The van der Waals surface area contributed by atoms with Crippen molar-refractivity contribution < 1.29 is 14.3 Å². The van der Waals surface area contributed by atoms with Crippen molar-refractivity contribution in [3.8, 4) is 0 Å². The van der Waals surface area contributed by atoms with Crippen molar-refractivity contribution in [2.75, 3.05) is 20.2 Å². The first kappa shape index (κ1) is 12.1. The van der Waals surface area contributed by atoms with Gasteiger partial charge < -0.3 is 14.6 Å². The number of ether oxygens (including phenoxy) is 1. The van der Waals surface area contributed by atoms with E-state index < -0.39 is 5.97 Å². The molecule has 1 aliphatic heterocycles. The Balaban J connectivity index is 2.51. The summed E-state index contributed by atoms with van der Waals surface area (Å²) in [5.41, 5.74) is 0.143. The average molecular weight is 258 g/mol. The second-order valence-corrected chi connectivity index (χ2v) is 4.09. The van der Waals surface area contributed by atoms with Gasteiger partial charge in [0.15, 0.2) is 23.0 Å². The Bertz CT molecular complexity index is 452. The topological polar surface area (TPSA) is 73.2 Å². The van der Waals surface area contributed by atoms with Crippen LogP contribution in [-0.4, -0.2) is 42.0 Å². The molecule has 2 heterocycles. The third-order valence-electron chi connectivity index (χ3n) is 2.78. The predicted octanol–water partition coefficient (Wildman–Crippen LogP) is 0.670. The summed E-state index contributed by atoms with van der Waals surface area (Å²) in [6.07, 6.45) is 1.41. The Morgan fingerprint density at radius 1 is 1.71 bits per heavy atom. The number of methoxy groups -OCH3 is 1. The van der Waals surface area contributed by atoms with Crippen LogP contribution in [0.15, 0.2) is 0 Å². The molecule has 0 saturated carbocycles. The molecule has 0 spiro atoms. The van der Waals surface area contributed by atoms with Crippen LogP contribution in [0.5, 0.6) is 0 Å². The molecule has 17 heavy (non-hydrogen) atoms. The molecule has 7 heteroatoms. The lowest BCUT2D eigenvalue weighted by Gasteiger charge is -2.14. The van der Waals surface area contributed by atoms with Crippen molar-refractivity contribution in [3.63, 3.8) is 0 Å². The van der Waals surface area contributed by atoms with Crippen LogP contribution in [0.25, 0.3) is 0 Å². The molecular formula is C10H12ClN3O3. The third-order valence-corrected chi connectivity index (χ3v) is 3.04. The molecule has 1 aromatic heterocycles. The molecule has 6 nitrogen and oxygen atoms in total. The van der Waals surface area contributed by atoms with Gasteiger partial charge in [-0.1, -0.05) is 11.6 Å². The van der Waals surface area contributed by atoms with Crippen LogP contribution in [0.3, 0.4) is 0 Å². The minimum atomic E-state index is -0.581. The second-order valence-electron chi connectivity index (χ2n) is 3.74. The fourth-order valence-corrected chi connectivity index (χ4v) is 2.27. The zero-order valence-corrected chi connectivity index (χ0v) is 10.0. The summed E-state index contributed by atoms with van der Waals surface area (Å²) in [6.45, 7) is 1.51. The monoisotopic (exact) mass is 257 g/mol. The molecule has 1 N–H and O–H groups in total. The summed E-state index contributed by atoms with van der Waals surface area (Å²) in [5.74, 6) is -0.424. The van der Waals surface area contributed by atoms with Gasteiger partial charge in [0.05, 0.1) is 7.11 Å². The van der Waals surface area contributed by atoms with Crippen molar-refractivity contribution in [1.29, 1.82) is 0 Å². The van der Waals surface area contributed by atoms with Crippen molar-refractivity contribution >= 4 is 23.9 Å². The maximum atomic E-state index is 11.6. The minimum absolute atomic E-state index is 0.00398. The number of nitrogens with zero attached hydrogens (tertiary/aromatic N) is 2. The van der Waals surface area contributed by atoms with E-state index in [4.69, 9.17) is 11.6 Å². The summed E-state index contributed by atoms with van der Waals surface area (Å²) in [4.78, 5) is 26.5. The van der Waals surface area contributed by atoms with Crippen LogP contribution in [0.4, 0.5) is 0 Å². The van der Waals surface area contributed by atoms with Gasteiger partial charge >= 0.3 is 5.97 Å². The second kappa shape index (κ2) is 4.85. The normalized spacial score (nSPS) is 19.3. The van der Waals surface area contributed by atoms with Crippen LogP contribution in [0.2, 0.25) is 5.15 Å². The molecule has 1 aromatic rings. The Morgan fingerprint density at radius 3 is 3.00 bits per heavy atom. The highest BCUT2D eigenvalue weighted by Gasteiger charge is 2.28. The highest BCUT2D eigenvalue weighted by atomic mass is 35.5. The number of carbonyl (C=O) groups excluding carboxylic acids is 2. The van der Waals surface area contributed by atoms with Gasteiger partial charge in [-0.05, 0) is 13.0 Å². The predicted molar refractivity (Wildman–Crippen MR) is 60.5 cm³/mol. The SMILES string of the molecule is COC(=O)c1c(Cl)nc(C=O)n1[C@@H]1CCNC1. The molecule has 0 aromatic carbocycles. The lowest BCUT2D eigenvalue weighted by atomic mass is 10.2. The van der Waals surface area contributed by atoms with E-state index in [0.717, 1.165) is 13.0 Å². The van der Waals surface area contributed by atoms with Gasteiger partial charge in [-0.15, -0.1) is 0 Å². The molecule has 2 rings (SSSR count). The Labute approximate surface area is 103 Å². The van der Waals surface area contributed by atoms with Crippen LogP contribution < -0.4 is 5.32 Å². The first-order valence-electron chi connectivity index (χ1n) is 5.21. The van der Waals surface area contributed by atoms with Gasteiger partial charge in [-0.25, -0.2) is 9.78 Å². The lowest BCUT2D eigenvalue weighted by molar-refractivity contribution is 0.0586. The first-order chi connectivity index (χ1) is 8.19. The zero-order valence-electron chi connectivity index (χ0n) is 9.27. The molecule has 1 saturated heterocycles. The van der Waals surface area contributed by atoms with E-state index in [0.29, 0.717) is 12.8 Å². The van der Waals surface area contributed by atoms with Crippen LogP contribution in [-0.2, 0) is 4.74 Å². The maximum absolute atomic E-state index is 11.6. The molecule has 1 atom stereocenters. The van der Waals surface area contributed by atoms with E-state index in [1.807, 2.05) is 0 Å².